The maximum atomic E-state index is 15.0. The van der Waals surface area contributed by atoms with Crippen LogP contribution in [0, 0.1) is 17.1 Å². The molecule has 40 heavy (non-hydrogen) atoms. The lowest BCUT2D eigenvalue weighted by Gasteiger charge is -2.38. The van der Waals surface area contributed by atoms with Gasteiger partial charge in [-0.15, -0.1) is 10.2 Å². The normalized spacial score (nSPS) is 17.0. The predicted octanol–water partition coefficient (Wildman–Crippen LogP) is 5.48. The van der Waals surface area contributed by atoms with E-state index in [9.17, 15) is 14.9 Å². The number of halogens is 2. The Morgan fingerprint density at radius 1 is 1.32 bits per heavy atom. The summed E-state index contributed by atoms with van der Waals surface area (Å²) in [6, 6.07) is 13.6. The van der Waals surface area contributed by atoms with E-state index < -0.39 is 11.7 Å². The van der Waals surface area contributed by atoms with Crippen LogP contribution in [-0.4, -0.2) is 34.8 Å². The number of allylic oxidation sites excluding steroid dienone is 3. The van der Waals surface area contributed by atoms with Crippen molar-refractivity contribution in [2.45, 2.75) is 29.5 Å². The number of anilines is 2. The topological polar surface area (TPSA) is 134 Å². The highest BCUT2D eigenvalue weighted by Crippen LogP contribution is 2.47. The van der Waals surface area contributed by atoms with Crippen LogP contribution in [0.3, 0.4) is 0 Å². The molecule has 0 radical (unpaired) electrons. The maximum absolute atomic E-state index is 15.0. The van der Waals surface area contributed by atoms with Crippen LogP contribution in [0.1, 0.15) is 30.7 Å². The first-order valence-corrected chi connectivity index (χ1v) is 14.7. The second-order valence-electron chi connectivity index (χ2n) is 8.90. The summed E-state index contributed by atoms with van der Waals surface area (Å²) in [5.41, 5.74) is 8.33. The van der Waals surface area contributed by atoms with Gasteiger partial charge >= 0.3 is 0 Å². The lowest BCUT2D eigenvalue weighted by Crippen LogP contribution is -2.38. The van der Waals surface area contributed by atoms with Crippen molar-refractivity contribution in [1.29, 1.82) is 5.26 Å². The summed E-state index contributed by atoms with van der Waals surface area (Å²) >= 11 is 5.74. The fourth-order valence-corrected chi connectivity index (χ4v) is 6.79. The number of carbonyl (C=O) groups is 2. The molecule has 1 amide bonds. The Morgan fingerprint density at radius 2 is 2.15 bits per heavy atom. The summed E-state index contributed by atoms with van der Waals surface area (Å²) in [7, 11) is 1.55. The number of aromatic nitrogens is 2. The third-order valence-electron chi connectivity index (χ3n) is 6.45. The van der Waals surface area contributed by atoms with Gasteiger partial charge in [0.2, 0.25) is 11.0 Å². The molecule has 0 spiro atoms. The monoisotopic (exact) mass is 640 g/mol. The third-order valence-corrected chi connectivity index (χ3v) is 8.98. The number of thioether (sulfide) groups is 1. The molecule has 2 aromatic carbocycles. The first-order valence-electron chi connectivity index (χ1n) is 12.1. The predicted molar refractivity (Wildman–Crippen MR) is 154 cm³/mol. The first-order chi connectivity index (χ1) is 19.3. The summed E-state index contributed by atoms with van der Waals surface area (Å²) in [5.74, 6) is -1.08. The SMILES string of the molecule is COc1cccc(NC(=O)CSc2nnc(N3C(N)=C(C#N)C(c4cc(Br)ccc4F)C4=C3CCCC4=O)s2)c1. The Morgan fingerprint density at radius 3 is 2.92 bits per heavy atom. The van der Waals surface area contributed by atoms with Gasteiger partial charge in [-0.2, -0.15) is 5.26 Å². The number of methoxy groups -OCH3 is 1. The van der Waals surface area contributed by atoms with E-state index in [4.69, 9.17) is 10.5 Å². The highest BCUT2D eigenvalue weighted by atomic mass is 79.9. The zero-order valence-electron chi connectivity index (χ0n) is 21.1. The molecule has 1 atom stereocenters. The van der Waals surface area contributed by atoms with Crippen LogP contribution in [0.25, 0.3) is 0 Å². The molecule has 5 rings (SSSR count). The van der Waals surface area contributed by atoms with Gasteiger partial charge in [-0.3, -0.25) is 14.5 Å². The van der Waals surface area contributed by atoms with E-state index in [-0.39, 0.29) is 40.8 Å². The van der Waals surface area contributed by atoms with E-state index in [1.807, 2.05) is 0 Å². The number of ketones is 1. The second kappa shape index (κ2) is 11.8. The maximum Gasteiger partial charge on any atom is 0.234 e. The Kier molecular flexibility index (Phi) is 8.20. The van der Waals surface area contributed by atoms with Crippen molar-refractivity contribution < 1.29 is 18.7 Å². The van der Waals surface area contributed by atoms with Gasteiger partial charge < -0.3 is 15.8 Å². The number of nitrogens with zero attached hydrogens (tertiary/aromatic N) is 4. The molecule has 1 aliphatic carbocycles. The standard InChI is InChI=1S/C27H22BrFN6O3S2/c1-38-16-5-2-4-15(11-16)32-22(37)13-39-27-34-33-26(40-27)35-20-6-3-7-21(36)24(20)23(18(12-30)25(35)31)17-10-14(28)8-9-19(17)29/h2,4-5,8-11,23H,3,6-7,13,31H2,1H3,(H,32,37). The molecule has 3 aromatic rings. The minimum Gasteiger partial charge on any atom is -0.497 e. The van der Waals surface area contributed by atoms with Crippen LogP contribution >= 0.6 is 39.0 Å². The van der Waals surface area contributed by atoms with Crippen molar-refractivity contribution in [2.75, 3.05) is 23.1 Å². The zero-order valence-corrected chi connectivity index (χ0v) is 24.3. The molecular formula is C27H22BrFN6O3S2. The minimum atomic E-state index is -0.927. The number of nitrogens with one attached hydrogen (secondary N) is 1. The van der Waals surface area contributed by atoms with Crippen LogP contribution in [0.4, 0.5) is 15.2 Å². The molecule has 1 unspecified atom stereocenters. The summed E-state index contributed by atoms with van der Waals surface area (Å²) in [6.07, 6.45) is 1.37. The zero-order chi connectivity index (χ0) is 28.4. The van der Waals surface area contributed by atoms with Gasteiger partial charge in [-0.1, -0.05) is 45.1 Å². The number of nitriles is 1. The molecule has 0 bridgehead atoms. The van der Waals surface area contributed by atoms with Gasteiger partial charge in [0.05, 0.1) is 30.4 Å². The van der Waals surface area contributed by atoms with Crippen LogP contribution in [0.2, 0.25) is 0 Å². The Hall–Kier alpha value is -3.73. The van der Waals surface area contributed by atoms with Crippen molar-refractivity contribution in [3.63, 3.8) is 0 Å². The fraction of sp³-hybridized carbons (Fsp3) is 0.222. The summed E-state index contributed by atoms with van der Waals surface area (Å²) in [6.45, 7) is 0. The number of carbonyl (C=O) groups excluding carboxylic acids is 2. The van der Waals surface area contributed by atoms with Crippen molar-refractivity contribution in [2.24, 2.45) is 5.73 Å². The van der Waals surface area contributed by atoms with E-state index in [1.165, 1.54) is 29.2 Å². The van der Waals surface area contributed by atoms with Gasteiger partial charge in [-0.05, 0) is 43.2 Å². The summed E-state index contributed by atoms with van der Waals surface area (Å²) in [4.78, 5) is 27.3. The highest BCUT2D eigenvalue weighted by Gasteiger charge is 2.42. The molecular weight excluding hydrogens is 619 g/mol. The number of benzene rings is 2. The van der Waals surface area contributed by atoms with E-state index >= 15 is 4.39 Å². The lowest BCUT2D eigenvalue weighted by atomic mass is 9.75. The molecule has 1 aromatic heterocycles. The number of hydrogen-bond acceptors (Lipinski definition) is 10. The number of rotatable bonds is 7. The Bertz CT molecular complexity index is 1620. The largest absolute Gasteiger partial charge is 0.497 e. The Labute approximate surface area is 246 Å². The second-order valence-corrected chi connectivity index (χ2v) is 12.0. The number of hydrogen-bond donors (Lipinski definition) is 2. The quantitative estimate of drug-likeness (QED) is 0.322. The molecule has 2 heterocycles. The van der Waals surface area contributed by atoms with Crippen LogP contribution < -0.4 is 20.7 Å². The average Bonchev–Trinajstić information content (AvgIpc) is 3.41. The lowest BCUT2D eigenvalue weighted by molar-refractivity contribution is -0.116. The van der Waals surface area contributed by atoms with Gasteiger partial charge in [-0.25, -0.2) is 4.39 Å². The molecule has 3 N–H and O–H groups in total. The van der Waals surface area contributed by atoms with Gasteiger partial charge in [0.1, 0.15) is 17.4 Å². The number of ether oxygens (including phenoxy) is 1. The molecule has 13 heteroatoms. The molecule has 0 saturated heterocycles. The fourth-order valence-electron chi connectivity index (χ4n) is 4.73. The molecule has 2 aliphatic rings. The molecule has 1 aliphatic heterocycles. The first kappa shape index (κ1) is 27.8. The van der Waals surface area contributed by atoms with Gasteiger partial charge in [0.25, 0.3) is 0 Å². The minimum absolute atomic E-state index is 0.0630. The number of amides is 1. The van der Waals surface area contributed by atoms with E-state index in [1.54, 1.807) is 48.4 Å². The van der Waals surface area contributed by atoms with Gasteiger partial charge in [0.15, 0.2) is 10.1 Å². The van der Waals surface area contributed by atoms with Crippen LogP contribution in [0.5, 0.6) is 5.75 Å². The van der Waals surface area contributed by atoms with Crippen molar-refractivity contribution in [1.82, 2.24) is 10.2 Å². The van der Waals surface area contributed by atoms with Crippen molar-refractivity contribution in [3.8, 4) is 11.8 Å². The van der Waals surface area contributed by atoms with Crippen LogP contribution in [0.15, 0.2) is 73.9 Å². The Balaban J connectivity index is 1.42. The number of Topliss-reactive ketones (excluding diaryl/α,β-unsaturated/α-hetero) is 1. The van der Waals surface area contributed by atoms with Crippen LogP contribution in [-0.2, 0) is 9.59 Å². The molecule has 0 saturated carbocycles. The third kappa shape index (κ3) is 5.47. The average molecular weight is 642 g/mol. The molecule has 0 fully saturated rings. The van der Waals surface area contributed by atoms with Gasteiger partial charge in [0, 0.05) is 39.5 Å². The molecule has 204 valence electrons. The van der Waals surface area contributed by atoms with E-state index in [0.717, 1.165) is 0 Å². The number of nitrogens with two attached hydrogens (primary N) is 1. The van der Waals surface area contributed by atoms with Crippen molar-refractivity contribution >= 4 is 61.5 Å². The van der Waals surface area contributed by atoms with E-state index in [2.05, 4.69) is 37.5 Å². The smallest absolute Gasteiger partial charge is 0.234 e. The molecule has 9 nitrogen and oxygen atoms in total. The van der Waals surface area contributed by atoms with E-state index in [0.29, 0.717) is 49.5 Å². The summed E-state index contributed by atoms with van der Waals surface area (Å²) in [5, 5.41) is 21.8. The highest BCUT2D eigenvalue weighted by molar-refractivity contribution is 9.10. The summed E-state index contributed by atoms with van der Waals surface area (Å²) < 4.78 is 21.3. The van der Waals surface area contributed by atoms with Crippen molar-refractivity contribution in [3.05, 3.63) is 81.0 Å².